The van der Waals surface area contributed by atoms with Gasteiger partial charge in [0, 0.05) is 23.9 Å². The number of nitrogens with zero attached hydrogens (tertiary/aromatic N) is 2. The average Bonchev–Trinajstić information content (AvgIpc) is 3.44. The molecule has 0 aromatic heterocycles. The van der Waals surface area contributed by atoms with Crippen LogP contribution in [0.15, 0.2) is 78.4 Å². The number of aliphatic carboxylic acids is 1. The summed E-state index contributed by atoms with van der Waals surface area (Å²) in [6, 6.07) is 17.0. The van der Waals surface area contributed by atoms with Crippen molar-refractivity contribution in [1.82, 2.24) is 9.91 Å². The molecule has 2 heterocycles. The summed E-state index contributed by atoms with van der Waals surface area (Å²) in [6.07, 6.45) is 2.15. The van der Waals surface area contributed by atoms with Crippen molar-refractivity contribution in [2.45, 2.75) is 43.9 Å². The number of rotatable bonds is 8. The minimum absolute atomic E-state index is 0.0233. The van der Waals surface area contributed by atoms with Gasteiger partial charge in [0.1, 0.15) is 11.6 Å². The lowest BCUT2D eigenvalue weighted by Gasteiger charge is -2.50. The van der Waals surface area contributed by atoms with Crippen LogP contribution in [0, 0.1) is 36.4 Å². The quantitative estimate of drug-likeness (QED) is 0.213. The summed E-state index contributed by atoms with van der Waals surface area (Å²) in [7, 11) is 0. The van der Waals surface area contributed by atoms with Crippen LogP contribution < -0.4 is 5.43 Å². The number of imide groups is 2. The molecule has 252 valence electrons. The summed E-state index contributed by atoms with van der Waals surface area (Å²) >= 11 is 6.31. The molecule has 10 nitrogen and oxygen atoms in total. The number of carbonyl (C=O) groups is 5. The predicted octanol–water partition coefficient (Wildman–Crippen LogP) is 5.34. The van der Waals surface area contributed by atoms with Gasteiger partial charge in [0.25, 0.3) is 11.8 Å². The van der Waals surface area contributed by atoms with E-state index in [-0.39, 0.29) is 43.9 Å². The van der Waals surface area contributed by atoms with E-state index in [1.807, 2.05) is 6.08 Å². The molecule has 3 aromatic carbocycles. The lowest BCUT2D eigenvalue weighted by atomic mass is 9.49. The fraction of sp³-hybridized carbons (Fsp3) is 0.324. The number of halogens is 2. The first-order valence-corrected chi connectivity index (χ1v) is 16.5. The molecule has 0 radical (unpaired) electrons. The first kappa shape index (κ1) is 32.5. The van der Waals surface area contributed by atoms with E-state index >= 15 is 4.79 Å². The van der Waals surface area contributed by atoms with Gasteiger partial charge in [-0.2, -0.15) is 5.01 Å². The highest BCUT2D eigenvalue weighted by Crippen LogP contribution is 2.64. The van der Waals surface area contributed by atoms with Crippen LogP contribution in [-0.4, -0.2) is 56.3 Å². The SMILES string of the molecule is Cc1cc(C2C3=CCC4C(=O)N(CCCC(=O)O)C(=O)C4C3CC3C(=O)N(Nc4ccc(F)cc4)C(=O)C32c2ccc(Cl)cc2)ccc1O. The normalized spacial score (nSPS) is 27.5. The van der Waals surface area contributed by atoms with Gasteiger partial charge < -0.3 is 10.2 Å². The van der Waals surface area contributed by atoms with Gasteiger partial charge in [0.2, 0.25) is 11.8 Å². The molecule has 4 amide bonds. The zero-order valence-corrected chi connectivity index (χ0v) is 27.2. The minimum atomic E-state index is -1.53. The highest BCUT2D eigenvalue weighted by molar-refractivity contribution is 6.30. The zero-order chi connectivity index (χ0) is 34.8. The van der Waals surface area contributed by atoms with Crippen molar-refractivity contribution in [2.75, 3.05) is 12.0 Å². The first-order valence-electron chi connectivity index (χ1n) is 16.2. The fourth-order valence-corrected chi connectivity index (χ4v) is 8.69. The van der Waals surface area contributed by atoms with Gasteiger partial charge in [-0.25, -0.2) is 4.39 Å². The number of aryl methyl sites for hydroxylation is 1. The van der Waals surface area contributed by atoms with Gasteiger partial charge in [-0.3, -0.25) is 34.3 Å². The van der Waals surface area contributed by atoms with Crippen LogP contribution in [0.3, 0.4) is 0 Å². The molecule has 4 aliphatic rings. The Labute approximate surface area is 286 Å². The van der Waals surface area contributed by atoms with Crippen molar-refractivity contribution < 1.29 is 38.6 Å². The van der Waals surface area contributed by atoms with Gasteiger partial charge in [-0.05, 0) is 91.3 Å². The number of likely N-dealkylation sites (tertiary alicyclic amines) is 1. The molecule has 3 aromatic rings. The van der Waals surface area contributed by atoms with E-state index in [0.717, 1.165) is 15.5 Å². The molecule has 0 bridgehead atoms. The molecule has 1 saturated carbocycles. The Morgan fingerprint density at radius 3 is 2.37 bits per heavy atom. The van der Waals surface area contributed by atoms with Gasteiger partial charge in [-0.15, -0.1) is 0 Å². The Bertz CT molecular complexity index is 1930. The molecule has 6 unspecified atom stereocenters. The summed E-state index contributed by atoms with van der Waals surface area (Å²) < 4.78 is 13.8. The number of carbonyl (C=O) groups excluding carboxylic acids is 4. The molecule has 2 aliphatic heterocycles. The van der Waals surface area contributed by atoms with E-state index in [1.54, 1.807) is 43.3 Å². The van der Waals surface area contributed by atoms with E-state index in [2.05, 4.69) is 5.43 Å². The lowest BCUT2D eigenvalue weighted by molar-refractivity contribution is -0.142. The molecule has 2 aliphatic carbocycles. The molecule has 12 heteroatoms. The molecular weight excluding hydrogens is 653 g/mol. The van der Waals surface area contributed by atoms with Gasteiger partial charge in [-0.1, -0.05) is 47.5 Å². The van der Waals surface area contributed by atoms with Crippen LogP contribution in [0.4, 0.5) is 10.1 Å². The number of allylic oxidation sites excluding steroid dienone is 2. The van der Waals surface area contributed by atoms with Crippen LogP contribution in [0.2, 0.25) is 5.02 Å². The number of fused-ring (bicyclic) bond motifs is 4. The van der Waals surface area contributed by atoms with Crippen molar-refractivity contribution in [3.8, 4) is 5.75 Å². The number of amides is 4. The largest absolute Gasteiger partial charge is 0.508 e. The van der Waals surface area contributed by atoms with Gasteiger partial charge in [0.05, 0.1) is 28.9 Å². The van der Waals surface area contributed by atoms with Crippen molar-refractivity contribution in [1.29, 1.82) is 0 Å². The summed E-state index contributed by atoms with van der Waals surface area (Å²) in [5, 5.41) is 21.0. The Morgan fingerprint density at radius 1 is 0.980 bits per heavy atom. The molecule has 6 atom stereocenters. The second kappa shape index (κ2) is 12.1. The molecule has 7 rings (SSSR count). The van der Waals surface area contributed by atoms with Crippen LogP contribution in [0.5, 0.6) is 5.75 Å². The van der Waals surface area contributed by atoms with E-state index in [9.17, 15) is 28.7 Å². The van der Waals surface area contributed by atoms with Crippen molar-refractivity contribution in [2.24, 2.45) is 23.7 Å². The van der Waals surface area contributed by atoms with E-state index in [4.69, 9.17) is 16.7 Å². The number of hydrogen-bond acceptors (Lipinski definition) is 7. The second-order valence-corrected chi connectivity index (χ2v) is 13.7. The topological polar surface area (TPSA) is 144 Å². The van der Waals surface area contributed by atoms with Crippen LogP contribution in [0.1, 0.15) is 48.3 Å². The summed E-state index contributed by atoms with van der Waals surface area (Å²) in [5.74, 6) is -7.20. The number of hydrogen-bond donors (Lipinski definition) is 3. The Balaban J connectivity index is 1.40. The Morgan fingerprint density at radius 2 is 1.69 bits per heavy atom. The predicted molar refractivity (Wildman–Crippen MR) is 175 cm³/mol. The first-order chi connectivity index (χ1) is 23.4. The number of hydrazine groups is 1. The smallest absolute Gasteiger partial charge is 0.303 e. The number of aromatic hydroxyl groups is 1. The third kappa shape index (κ3) is 5.10. The molecule has 49 heavy (non-hydrogen) atoms. The summed E-state index contributed by atoms with van der Waals surface area (Å²) in [5.41, 5.74) is 4.17. The number of nitrogens with one attached hydrogen (secondary N) is 1. The zero-order valence-electron chi connectivity index (χ0n) is 26.4. The number of carboxylic acid groups (broad SMARTS) is 1. The monoisotopic (exact) mass is 685 g/mol. The standard InChI is InChI=1S/C37H33ClFN3O7/c1-19-17-20(4-15-29(19)43)32-25-13-14-26-31(35(48)41(33(26)46)16-2-3-30(44)45)27(25)18-28-34(47)42(40-24-11-9-23(39)10-12-24)36(49)37(28,32)21-5-7-22(38)8-6-21/h4-13,15,17,26-28,31-32,40,43H,2-3,14,16,18H2,1H3,(H,44,45). The van der Waals surface area contributed by atoms with Crippen LogP contribution in [0.25, 0.3) is 0 Å². The van der Waals surface area contributed by atoms with Gasteiger partial charge >= 0.3 is 5.97 Å². The van der Waals surface area contributed by atoms with Crippen molar-refractivity contribution in [3.05, 3.63) is 106 Å². The van der Waals surface area contributed by atoms with E-state index < -0.39 is 64.5 Å². The van der Waals surface area contributed by atoms with Crippen molar-refractivity contribution in [3.63, 3.8) is 0 Å². The number of carboxylic acids is 1. The fourth-order valence-electron chi connectivity index (χ4n) is 8.56. The maximum absolute atomic E-state index is 15.1. The maximum Gasteiger partial charge on any atom is 0.303 e. The number of benzene rings is 3. The molecule has 3 N–H and O–H groups in total. The number of phenolic OH excluding ortho intramolecular Hbond substituents is 1. The highest BCUT2D eigenvalue weighted by Gasteiger charge is 2.70. The Kier molecular flexibility index (Phi) is 8.05. The van der Waals surface area contributed by atoms with E-state index in [0.29, 0.717) is 27.4 Å². The van der Waals surface area contributed by atoms with Crippen molar-refractivity contribution >= 4 is 46.9 Å². The molecule has 0 spiro atoms. The molecular formula is C37H33ClFN3O7. The molecule has 3 fully saturated rings. The summed E-state index contributed by atoms with van der Waals surface area (Å²) in [4.78, 5) is 69.7. The van der Waals surface area contributed by atoms with Crippen LogP contribution >= 0.6 is 11.6 Å². The second-order valence-electron chi connectivity index (χ2n) is 13.2. The number of phenols is 1. The minimum Gasteiger partial charge on any atom is -0.508 e. The maximum atomic E-state index is 15.1. The number of anilines is 1. The lowest BCUT2D eigenvalue weighted by Crippen LogP contribution is -2.53. The highest BCUT2D eigenvalue weighted by atomic mass is 35.5. The average molecular weight is 686 g/mol. The van der Waals surface area contributed by atoms with Gasteiger partial charge in [0.15, 0.2) is 0 Å². The molecule has 2 saturated heterocycles. The van der Waals surface area contributed by atoms with E-state index in [1.165, 1.54) is 30.3 Å². The Hall–Kier alpha value is -5.03. The third-order valence-electron chi connectivity index (χ3n) is 10.7. The van der Waals surface area contributed by atoms with Crippen LogP contribution in [-0.2, 0) is 29.4 Å². The summed E-state index contributed by atoms with van der Waals surface area (Å²) in [6.45, 7) is 1.71. The third-order valence-corrected chi connectivity index (χ3v) is 10.9.